The topological polar surface area (TPSA) is 62.1 Å². The van der Waals surface area contributed by atoms with Crippen molar-refractivity contribution in [3.05, 3.63) is 58.6 Å². The molecule has 0 aliphatic heterocycles. The molecule has 0 aromatic heterocycles. The van der Waals surface area contributed by atoms with Crippen LogP contribution in [0.25, 0.3) is 0 Å². The van der Waals surface area contributed by atoms with E-state index >= 15 is 0 Å². The van der Waals surface area contributed by atoms with Crippen LogP contribution >= 0.6 is 11.6 Å². The smallest absolute Gasteiger partial charge is 0.387 e. The number of benzene rings is 2. The number of aryl methyl sites for hydroxylation is 1. The second kappa shape index (κ2) is 8.27. The van der Waals surface area contributed by atoms with Gasteiger partial charge in [0.1, 0.15) is 5.75 Å². The lowest BCUT2D eigenvalue weighted by Gasteiger charge is -2.09. The number of alkyl halides is 2. The minimum atomic E-state index is -2.96. The maximum atomic E-state index is 12.2. The van der Waals surface area contributed by atoms with Gasteiger partial charge in [-0.05, 0) is 42.3 Å². The molecule has 0 atom stereocenters. The summed E-state index contributed by atoms with van der Waals surface area (Å²) in [5.41, 5.74) is 1.89. The number of nitrogens with one attached hydrogen (secondary N) is 1. The first kappa shape index (κ1) is 17.7. The van der Waals surface area contributed by atoms with Gasteiger partial charge in [0.15, 0.2) is 0 Å². The van der Waals surface area contributed by atoms with Crippen LogP contribution in [-0.2, 0) is 11.2 Å². The number of nitrogens with zero attached hydrogens (tertiary/aromatic N) is 1. The minimum Gasteiger partial charge on any atom is -0.433 e. The second-order valence-corrected chi connectivity index (χ2v) is 5.29. The number of hydrogen-bond donors (Lipinski definition) is 1. The van der Waals surface area contributed by atoms with Crippen molar-refractivity contribution in [1.29, 1.82) is 5.26 Å². The molecule has 7 heteroatoms. The number of carbonyl (C=O) groups excluding carboxylic acids is 1. The van der Waals surface area contributed by atoms with E-state index in [0.29, 0.717) is 17.7 Å². The van der Waals surface area contributed by atoms with Gasteiger partial charge in [0.25, 0.3) is 0 Å². The molecule has 0 spiro atoms. The summed E-state index contributed by atoms with van der Waals surface area (Å²) in [5, 5.41) is 11.3. The highest BCUT2D eigenvalue weighted by molar-refractivity contribution is 6.32. The molecule has 2 aromatic carbocycles. The fraction of sp³-hybridized carbons (Fsp3) is 0.176. The third-order valence-electron chi connectivity index (χ3n) is 3.16. The number of anilines is 1. The van der Waals surface area contributed by atoms with Crippen LogP contribution in [0, 0.1) is 11.3 Å². The van der Waals surface area contributed by atoms with Crippen LogP contribution in [0.15, 0.2) is 42.5 Å². The largest absolute Gasteiger partial charge is 0.433 e. The first-order chi connectivity index (χ1) is 11.5. The number of ether oxygens (including phenoxy) is 1. The molecule has 0 unspecified atom stereocenters. The quantitative estimate of drug-likeness (QED) is 0.840. The average Bonchev–Trinajstić information content (AvgIpc) is 2.55. The highest BCUT2D eigenvalue weighted by atomic mass is 35.5. The molecule has 24 heavy (non-hydrogen) atoms. The number of rotatable bonds is 6. The van der Waals surface area contributed by atoms with Crippen molar-refractivity contribution in [2.24, 2.45) is 0 Å². The predicted molar refractivity (Wildman–Crippen MR) is 86.2 cm³/mol. The van der Waals surface area contributed by atoms with Crippen molar-refractivity contribution in [1.82, 2.24) is 0 Å². The second-order valence-electron chi connectivity index (χ2n) is 4.88. The number of hydrogen-bond acceptors (Lipinski definition) is 3. The molecule has 0 aliphatic carbocycles. The van der Waals surface area contributed by atoms with E-state index in [0.717, 1.165) is 5.56 Å². The Morgan fingerprint density at radius 1 is 1.25 bits per heavy atom. The number of nitriles is 1. The molecule has 0 saturated heterocycles. The van der Waals surface area contributed by atoms with E-state index in [4.69, 9.17) is 16.9 Å². The van der Waals surface area contributed by atoms with Gasteiger partial charge < -0.3 is 10.1 Å². The summed E-state index contributed by atoms with van der Waals surface area (Å²) in [6.07, 6.45) is 0.747. The van der Waals surface area contributed by atoms with Gasteiger partial charge >= 0.3 is 6.61 Å². The molecule has 0 heterocycles. The molecule has 2 aromatic rings. The van der Waals surface area contributed by atoms with Crippen LogP contribution in [0.1, 0.15) is 17.5 Å². The maximum Gasteiger partial charge on any atom is 0.387 e. The lowest BCUT2D eigenvalue weighted by atomic mass is 10.1. The monoisotopic (exact) mass is 350 g/mol. The van der Waals surface area contributed by atoms with Gasteiger partial charge in [-0.1, -0.05) is 23.7 Å². The van der Waals surface area contributed by atoms with Gasteiger partial charge in [-0.2, -0.15) is 14.0 Å². The third-order valence-corrected chi connectivity index (χ3v) is 3.45. The summed E-state index contributed by atoms with van der Waals surface area (Å²) in [7, 11) is 0. The average molecular weight is 351 g/mol. The molecular formula is C17H13ClF2N2O2. The number of amides is 1. The summed E-state index contributed by atoms with van der Waals surface area (Å²) in [4.78, 5) is 11.9. The van der Waals surface area contributed by atoms with Gasteiger partial charge in [-0.25, -0.2) is 0 Å². The molecule has 2 rings (SSSR count). The van der Waals surface area contributed by atoms with Crippen molar-refractivity contribution >= 4 is 23.2 Å². The molecular weight excluding hydrogens is 338 g/mol. The Balaban J connectivity index is 1.89. The van der Waals surface area contributed by atoms with E-state index in [1.54, 1.807) is 24.3 Å². The Morgan fingerprint density at radius 3 is 2.54 bits per heavy atom. The zero-order valence-corrected chi connectivity index (χ0v) is 13.2. The molecule has 4 nitrogen and oxygen atoms in total. The third kappa shape index (κ3) is 5.21. The van der Waals surface area contributed by atoms with E-state index < -0.39 is 6.61 Å². The van der Waals surface area contributed by atoms with Gasteiger partial charge in [0, 0.05) is 12.1 Å². The van der Waals surface area contributed by atoms with E-state index in [-0.39, 0.29) is 23.1 Å². The van der Waals surface area contributed by atoms with Crippen LogP contribution in [-0.4, -0.2) is 12.5 Å². The molecule has 0 radical (unpaired) electrons. The lowest BCUT2D eigenvalue weighted by Crippen LogP contribution is -2.12. The normalized spacial score (nSPS) is 10.3. The highest BCUT2D eigenvalue weighted by Gasteiger charge is 2.10. The molecule has 0 saturated carbocycles. The van der Waals surface area contributed by atoms with E-state index in [2.05, 4.69) is 10.1 Å². The Kier molecular flexibility index (Phi) is 6.10. The van der Waals surface area contributed by atoms with Crippen LogP contribution < -0.4 is 10.1 Å². The van der Waals surface area contributed by atoms with Gasteiger partial charge in [-0.15, -0.1) is 0 Å². The molecule has 1 N–H and O–H groups in total. The zero-order chi connectivity index (χ0) is 17.5. The predicted octanol–water partition coefficient (Wildman–Crippen LogP) is 4.38. The fourth-order valence-corrected chi connectivity index (χ4v) is 2.22. The molecule has 1 amide bonds. The van der Waals surface area contributed by atoms with Crippen LogP contribution in [0.3, 0.4) is 0 Å². The van der Waals surface area contributed by atoms with Crippen LogP contribution in [0.2, 0.25) is 5.02 Å². The van der Waals surface area contributed by atoms with Crippen molar-refractivity contribution in [2.45, 2.75) is 19.5 Å². The molecule has 0 aliphatic rings. The summed E-state index contributed by atoms with van der Waals surface area (Å²) < 4.78 is 28.5. The summed E-state index contributed by atoms with van der Waals surface area (Å²) in [5.74, 6) is -0.389. The SMILES string of the molecule is N#Cc1ccc(CCC(=O)Nc2ccc(OC(F)F)c(Cl)c2)cc1. The van der Waals surface area contributed by atoms with E-state index in [1.807, 2.05) is 6.07 Å². The molecule has 0 bridgehead atoms. The van der Waals surface area contributed by atoms with Crippen molar-refractivity contribution < 1.29 is 18.3 Å². The Bertz CT molecular complexity index is 758. The molecule has 124 valence electrons. The lowest BCUT2D eigenvalue weighted by molar-refractivity contribution is -0.116. The fourth-order valence-electron chi connectivity index (χ4n) is 2.00. The van der Waals surface area contributed by atoms with Crippen molar-refractivity contribution in [3.8, 4) is 11.8 Å². The summed E-state index contributed by atoms with van der Waals surface area (Å²) in [6, 6.07) is 13.0. The first-order valence-corrected chi connectivity index (χ1v) is 7.39. The Morgan fingerprint density at radius 2 is 1.96 bits per heavy atom. The van der Waals surface area contributed by atoms with Gasteiger partial charge in [0.2, 0.25) is 5.91 Å². The number of carbonyl (C=O) groups is 1. The standard InChI is InChI=1S/C17H13ClF2N2O2/c18-14-9-13(6-7-15(14)24-17(19)20)22-16(23)8-5-11-1-3-12(10-21)4-2-11/h1-4,6-7,9,17H,5,8H2,(H,22,23). The maximum absolute atomic E-state index is 12.2. The van der Waals surface area contributed by atoms with Gasteiger partial charge in [0.05, 0.1) is 16.7 Å². The van der Waals surface area contributed by atoms with E-state index in [9.17, 15) is 13.6 Å². The number of halogens is 3. The summed E-state index contributed by atoms with van der Waals surface area (Å²) >= 11 is 5.82. The summed E-state index contributed by atoms with van der Waals surface area (Å²) in [6.45, 7) is -2.96. The molecule has 0 fully saturated rings. The highest BCUT2D eigenvalue weighted by Crippen LogP contribution is 2.29. The Hall–Kier alpha value is -2.65. The van der Waals surface area contributed by atoms with Crippen molar-refractivity contribution in [2.75, 3.05) is 5.32 Å². The van der Waals surface area contributed by atoms with E-state index in [1.165, 1.54) is 18.2 Å². The van der Waals surface area contributed by atoms with Crippen LogP contribution in [0.5, 0.6) is 5.75 Å². The van der Waals surface area contributed by atoms with Gasteiger partial charge in [-0.3, -0.25) is 4.79 Å². The minimum absolute atomic E-state index is 0.0137. The first-order valence-electron chi connectivity index (χ1n) is 7.01. The van der Waals surface area contributed by atoms with Crippen LogP contribution in [0.4, 0.5) is 14.5 Å². The van der Waals surface area contributed by atoms with Crippen molar-refractivity contribution in [3.63, 3.8) is 0 Å². The Labute approximate surface area is 142 Å². The zero-order valence-electron chi connectivity index (χ0n) is 12.4.